The van der Waals surface area contributed by atoms with E-state index in [0.717, 1.165) is 41.1 Å². The van der Waals surface area contributed by atoms with Crippen molar-refractivity contribution in [2.75, 3.05) is 31.2 Å². The van der Waals surface area contributed by atoms with Gasteiger partial charge in [-0.25, -0.2) is 9.37 Å². The number of ether oxygens (including phenoxy) is 2. The molecule has 5 rings (SSSR count). The zero-order valence-electron chi connectivity index (χ0n) is 18.6. The van der Waals surface area contributed by atoms with Crippen LogP contribution in [0.2, 0.25) is 0 Å². The van der Waals surface area contributed by atoms with Crippen LogP contribution in [-0.4, -0.2) is 42.1 Å². The van der Waals surface area contributed by atoms with Crippen molar-refractivity contribution in [3.8, 4) is 11.5 Å². The van der Waals surface area contributed by atoms with Gasteiger partial charge in [-0.3, -0.25) is 9.78 Å². The molecule has 1 aliphatic rings. The van der Waals surface area contributed by atoms with Crippen molar-refractivity contribution < 1.29 is 18.7 Å². The number of rotatable bonds is 7. The summed E-state index contributed by atoms with van der Waals surface area (Å²) >= 11 is 0. The highest BCUT2D eigenvalue weighted by Crippen LogP contribution is 2.26. The first kappa shape index (κ1) is 22.0. The molecule has 0 spiro atoms. The van der Waals surface area contributed by atoms with Gasteiger partial charge in [0.2, 0.25) is 0 Å². The van der Waals surface area contributed by atoms with E-state index in [1.54, 1.807) is 18.3 Å². The lowest BCUT2D eigenvalue weighted by Crippen LogP contribution is -2.36. The number of benzene rings is 3. The Balaban J connectivity index is 1.23. The SMILES string of the molecule is O=C(Cc1ccc(F)cc1)Cc1ccc(Oc2ccc3ncc(N4CCOCC4)nc3c2)cc1. The Morgan fingerprint density at radius 3 is 2.24 bits per heavy atom. The van der Waals surface area contributed by atoms with Crippen molar-refractivity contribution in [1.29, 1.82) is 0 Å². The lowest BCUT2D eigenvalue weighted by Gasteiger charge is -2.27. The number of nitrogens with zero attached hydrogens (tertiary/aromatic N) is 3. The average molecular weight is 458 g/mol. The van der Waals surface area contributed by atoms with Crippen LogP contribution in [0, 0.1) is 5.82 Å². The summed E-state index contributed by atoms with van der Waals surface area (Å²) in [5.41, 5.74) is 3.28. The first-order valence-electron chi connectivity index (χ1n) is 11.2. The quantitative estimate of drug-likeness (QED) is 0.399. The van der Waals surface area contributed by atoms with Gasteiger partial charge >= 0.3 is 0 Å². The van der Waals surface area contributed by atoms with E-state index in [4.69, 9.17) is 14.5 Å². The smallest absolute Gasteiger partial charge is 0.148 e. The summed E-state index contributed by atoms with van der Waals surface area (Å²) < 4.78 is 24.5. The van der Waals surface area contributed by atoms with E-state index in [0.29, 0.717) is 31.1 Å². The van der Waals surface area contributed by atoms with Gasteiger partial charge in [0, 0.05) is 32.0 Å². The van der Waals surface area contributed by atoms with Gasteiger partial charge in [0.15, 0.2) is 0 Å². The minimum absolute atomic E-state index is 0.0736. The van der Waals surface area contributed by atoms with Crippen molar-refractivity contribution in [2.45, 2.75) is 12.8 Å². The molecule has 0 amide bonds. The Hall–Kier alpha value is -3.84. The Morgan fingerprint density at radius 1 is 0.882 bits per heavy atom. The molecule has 1 aromatic heterocycles. The molecule has 172 valence electrons. The molecule has 4 aromatic rings. The van der Waals surface area contributed by atoms with Crippen molar-refractivity contribution in [2.24, 2.45) is 0 Å². The lowest BCUT2D eigenvalue weighted by atomic mass is 10.0. The van der Waals surface area contributed by atoms with Gasteiger partial charge in [-0.2, -0.15) is 0 Å². The number of ketones is 1. The number of carbonyl (C=O) groups excluding carboxylic acids is 1. The van der Waals surface area contributed by atoms with Crippen molar-refractivity contribution in [3.63, 3.8) is 0 Å². The molecule has 1 saturated heterocycles. The third-order valence-electron chi connectivity index (χ3n) is 5.71. The van der Waals surface area contributed by atoms with Crippen LogP contribution in [0.15, 0.2) is 72.9 Å². The Morgan fingerprint density at radius 2 is 1.53 bits per heavy atom. The molecule has 3 aromatic carbocycles. The van der Waals surface area contributed by atoms with E-state index in [1.807, 2.05) is 42.5 Å². The van der Waals surface area contributed by atoms with Gasteiger partial charge in [0.05, 0.1) is 30.4 Å². The van der Waals surface area contributed by atoms with Gasteiger partial charge in [-0.05, 0) is 47.5 Å². The Bertz CT molecular complexity index is 1290. The molecule has 0 radical (unpaired) electrons. The van der Waals surface area contributed by atoms with Crippen LogP contribution in [0.1, 0.15) is 11.1 Å². The number of anilines is 1. The normalized spacial score (nSPS) is 13.7. The van der Waals surface area contributed by atoms with Crippen LogP contribution in [0.25, 0.3) is 11.0 Å². The molecule has 0 atom stereocenters. The molecule has 0 unspecified atom stereocenters. The number of aromatic nitrogens is 2. The van der Waals surface area contributed by atoms with E-state index < -0.39 is 0 Å². The molecular weight excluding hydrogens is 433 g/mol. The average Bonchev–Trinajstić information content (AvgIpc) is 2.87. The Labute approximate surface area is 197 Å². The molecule has 0 N–H and O–H groups in total. The van der Waals surface area contributed by atoms with E-state index in [-0.39, 0.29) is 18.0 Å². The van der Waals surface area contributed by atoms with E-state index in [1.165, 1.54) is 12.1 Å². The van der Waals surface area contributed by atoms with Gasteiger partial charge in [0.1, 0.15) is 28.9 Å². The van der Waals surface area contributed by atoms with E-state index >= 15 is 0 Å². The maximum absolute atomic E-state index is 13.0. The number of fused-ring (bicyclic) bond motifs is 1. The summed E-state index contributed by atoms with van der Waals surface area (Å²) in [7, 11) is 0. The highest BCUT2D eigenvalue weighted by atomic mass is 19.1. The molecular formula is C27H24FN3O3. The van der Waals surface area contributed by atoms with Gasteiger partial charge in [-0.1, -0.05) is 24.3 Å². The minimum Gasteiger partial charge on any atom is -0.457 e. The second kappa shape index (κ2) is 9.97. The fourth-order valence-corrected chi connectivity index (χ4v) is 3.92. The third-order valence-corrected chi connectivity index (χ3v) is 5.71. The highest BCUT2D eigenvalue weighted by Gasteiger charge is 2.14. The molecule has 0 bridgehead atoms. The maximum Gasteiger partial charge on any atom is 0.148 e. The standard InChI is InChI=1S/C27H24FN3O3/c28-21-5-1-19(2-6-21)15-22(32)16-20-3-7-23(8-4-20)34-24-9-10-25-26(17-24)30-27(18-29-25)31-11-13-33-14-12-31/h1-10,17-18H,11-16H2. The summed E-state index contributed by atoms with van der Waals surface area (Å²) in [6.45, 7) is 2.98. The Kier molecular flexibility index (Phi) is 6.44. The zero-order chi connectivity index (χ0) is 23.3. The van der Waals surface area contributed by atoms with Crippen LogP contribution in [-0.2, 0) is 22.4 Å². The predicted molar refractivity (Wildman–Crippen MR) is 128 cm³/mol. The summed E-state index contributed by atoms with van der Waals surface area (Å²) in [5, 5.41) is 0. The van der Waals surface area contributed by atoms with Crippen LogP contribution >= 0.6 is 0 Å². The van der Waals surface area contributed by atoms with Crippen LogP contribution in [0.5, 0.6) is 11.5 Å². The van der Waals surface area contributed by atoms with Crippen molar-refractivity contribution in [3.05, 3.63) is 89.9 Å². The molecule has 34 heavy (non-hydrogen) atoms. The summed E-state index contributed by atoms with van der Waals surface area (Å²) in [6.07, 6.45) is 2.39. The number of halogens is 1. The molecule has 6 nitrogen and oxygen atoms in total. The fraction of sp³-hybridized carbons (Fsp3) is 0.222. The maximum atomic E-state index is 13.0. The fourth-order valence-electron chi connectivity index (χ4n) is 3.92. The van der Waals surface area contributed by atoms with Crippen LogP contribution in [0.3, 0.4) is 0 Å². The van der Waals surface area contributed by atoms with Gasteiger partial charge < -0.3 is 14.4 Å². The molecule has 7 heteroatoms. The van der Waals surface area contributed by atoms with Crippen LogP contribution < -0.4 is 9.64 Å². The lowest BCUT2D eigenvalue weighted by molar-refractivity contribution is -0.117. The molecule has 1 aliphatic heterocycles. The number of Topliss-reactive ketones (excluding diaryl/α,β-unsaturated/α-hetero) is 1. The molecule has 1 fully saturated rings. The van der Waals surface area contributed by atoms with Crippen LogP contribution in [0.4, 0.5) is 10.2 Å². The molecule has 2 heterocycles. The largest absolute Gasteiger partial charge is 0.457 e. The number of hydrogen-bond acceptors (Lipinski definition) is 6. The molecule has 0 saturated carbocycles. The van der Waals surface area contributed by atoms with Crippen molar-refractivity contribution >= 4 is 22.6 Å². The number of carbonyl (C=O) groups is 1. The zero-order valence-corrected chi connectivity index (χ0v) is 18.6. The molecule has 0 aliphatic carbocycles. The first-order valence-corrected chi connectivity index (χ1v) is 11.2. The summed E-state index contributed by atoms with van der Waals surface area (Å²) in [6, 6.07) is 19.1. The highest BCUT2D eigenvalue weighted by molar-refractivity contribution is 5.83. The van der Waals surface area contributed by atoms with Gasteiger partial charge in [-0.15, -0.1) is 0 Å². The third kappa shape index (κ3) is 5.38. The summed E-state index contributed by atoms with van der Waals surface area (Å²) in [5.74, 6) is 1.95. The predicted octanol–water partition coefficient (Wildman–Crippen LogP) is 4.75. The topological polar surface area (TPSA) is 64.5 Å². The first-order chi connectivity index (χ1) is 16.6. The summed E-state index contributed by atoms with van der Waals surface area (Å²) in [4.78, 5) is 23.8. The number of hydrogen-bond donors (Lipinski definition) is 0. The number of morpholine rings is 1. The van der Waals surface area contributed by atoms with E-state index in [9.17, 15) is 9.18 Å². The second-order valence-corrected chi connectivity index (χ2v) is 8.24. The van der Waals surface area contributed by atoms with Gasteiger partial charge in [0.25, 0.3) is 0 Å². The van der Waals surface area contributed by atoms with Crippen molar-refractivity contribution in [1.82, 2.24) is 9.97 Å². The monoisotopic (exact) mass is 457 g/mol. The van der Waals surface area contributed by atoms with E-state index in [2.05, 4.69) is 9.88 Å². The minimum atomic E-state index is -0.303. The second-order valence-electron chi connectivity index (χ2n) is 8.24.